The van der Waals surface area contributed by atoms with E-state index in [0.717, 1.165) is 242 Å². The van der Waals surface area contributed by atoms with E-state index in [4.69, 9.17) is 8.83 Å². The maximum Gasteiger partial charge on any atom is 0.143 e. The molecule has 0 saturated carbocycles. The summed E-state index contributed by atoms with van der Waals surface area (Å²) >= 11 is 0. The average Bonchev–Trinajstić information content (AvgIpc) is 1.54. The lowest BCUT2D eigenvalue weighted by Crippen LogP contribution is -1.99. The predicted octanol–water partition coefficient (Wildman–Crippen LogP) is 33.5. The largest absolute Gasteiger partial charge is 0.455 e. The van der Waals surface area contributed by atoms with Crippen LogP contribution in [0, 0.1) is 0 Å². The van der Waals surface area contributed by atoms with Crippen molar-refractivity contribution >= 4 is 120 Å². The summed E-state index contributed by atoms with van der Waals surface area (Å²) in [6, 6.07) is 171. The van der Waals surface area contributed by atoms with Crippen molar-refractivity contribution in [1.29, 1.82) is 0 Å². The zero-order valence-corrected chi connectivity index (χ0v) is 67.6. The second-order valence-corrected chi connectivity index (χ2v) is 32.5. The molecule has 24 rings (SSSR count). The van der Waals surface area contributed by atoms with Gasteiger partial charge in [0.15, 0.2) is 0 Å². The van der Waals surface area contributed by atoms with Gasteiger partial charge in [-0.15, -0.1) is 0 Å². The smallest absolute Gasteiger partial charge is 0.143 e. The molecule has 0 aliphatic carbocycles. The lowest BCUT2D eigenvalue weighted by molar-refractivity contribution is 0.669. The minimum Gasteiger partial charge on any atom is -0.455 e. The highest BCUT2D eigenvalue weighted by Crippen LogP contribution is 2.48. The van der Waals surface area contributed by atoms with E-state index >= 15 is 0 Å². The third-order valence-corrected chi connectivity index (χ3v) is 25.4. The summed E-state index contributed by atoms with van der Waals surface area (Å²) in [5.74, 6) is 0. The molecule has 0 fully saturated rings. The van der Waals surface area contributed by atoms with E-state index in [1.807, 2.05) is 12.1 Å². The highest BCUT2D eigenvalue weighted by Gasteiger charge is 2.23. The van der Waals surface area contributed by atoms with Crippen LogP contribution in [0.2, 0.25) is 0 Å². The van der Waals surface area contributed by atoms with Crippen LogP contribution in [0.3, 0.4) is 0 Å². The van der Waals surface area contributed by atoms with Crippen LogP contribution in [0.4, 0.5) is 0 Å². The summed E-state index contributed by atoms with van der Waals surface area (Å²) in [5.41, 5.74) is 31.8. The second-order valence-electron chi connectivity index (χ2n) is 32.5. The van der Waals surface area contributed by atoms with Gasteiger partial charge in [0.25, 0.3) is 0 Å². The normalized spacial score (nSPS) is 11.7. The number of aromatic nitrogens is 2. The molecule has 4 aromatic heterocycles. The van der Waals surface area contributed by atoms with Crippen LogP contribution in [0.5, 0.6) is 0 Å². The fourth-order valence-electron chi connectivity index (χ4n) is 19.4. The zero-order chi connectivity index (χ0) is 81.7. The summed E-state index contributed by atoms with van der Waals surface area (Å²) in [6.07, 6.45) is 0. The molecule has 0 bridgehead atoms. The van der Waals surface area contributed by atoms with E-state index in [1.165, 1.54) is 0 Å². The Balaban J connectivity index is 0.888. The van der Waals surface area contributed by atoms with Crippen LogP contribution in [-0.4, -0.2) is 9.13 Å². The van der Waals surface area contributed by atoms with Gasteiger partial charge in [0.2, 0.25) is 0 Å². The first-order valence-electron chi connectivity index (χ1n) is 42.6. The minimum absolute atomic E-state index is 0.869. The Hall–Kier alpha value is -16.4. The van der Waals surface area contributed by atoms with Gasteiger partial charge in [-0.2, -0.15) is 0 Å². The standard InChI is InChI=1S/C120H76N2O2/c1-5-25-77(26-6-1)83-33-17-37-87(69-83)91-57-65-111-107(73-91)101-45-23-46-102-108-74-93(89-39-19-35-85(71-89)79-29-9-3-10-30-79)59-67-113(108)122(96-63-55-82(56-64-96)98-44-22-50-106-100-42-14-16-52-116(100)124-120(98)106)114-68-60-94(90-40-20-36-86(72-90)80-31-11-4-12-32-80)76-110(114)104-48-24-47-103(118(104)117(101)102)109-75-92(88-38-18-34-84(70-88)78-27-7-2-8-28-78)58-66-112(109)121(111)95-61-53-81(54-62-95)97-43-21-49-105-99-41-13-15-51-115(99)123-119(97)105/h1-76H. The van der Waals surface area contributed by atoms with Crippen LogP contribution in [-0.2, 0) is 0 Å². The van der Waals surface area contributed by atoms with Crippen molar-refractivity contribution in [3.05, 3.63) is 461 Å². The number of hydrogen-bond donors (Lipinski definition) is 0. The second kappa shape index (κ2) is 29.8. The van der Waals surface area contributed by atoms with Crippen LogP contribution in [0.15, 0.2) is 470 Å². The molecule has 4 heterocycles. The molecule has 4 nitrogen and oxygen atoms in total. The first-order valence-corrected chi connectivity index (χ1v) is 42.6. The van der Waals surface area contributed by atoms with E-state index in [2.05, 4.69) is 458 Å². The Morgan fingerprint density at radius 2 is 0.355 bits per heavy atom. The van der Waals surface area contributed by atoms with Gasteiger partial charge in [-0.1, -0.05) is 352 Å². The van der Waals surface area contributed by atoms with E-state index < -0.39 is 0 Å². The van der Waals surface area contributed by atoms with E-state index in [1.54, 1.807) is 0 Å². The van der Waals surface area contributed by atoms with Crippen molar-refractivity contribution in [3.63, 3.8) is 0 Å². The summed E-state index contributed by atoms with van der Waals surface area (Å²) in [4.78, 5) is 0. The van der Waals surface area contributed by atoms with Crippen molar-refractivity contribution in [1.82, 2.24) is 9.13 Å². The Labute approximate surface area is 716 Å². The van der Waals surface area contributed by atoms with Crippen LogP contribution in [0.25, 0.3) is 242 Å². The molecule has 0 amide bonds. The monoisotopic (exact) mass is 1580 g/mol. The molecule has 0 radical (unpaired) electrons. The van der Waals surface area contributed by atoms with E-state index in [9.17, 15) is 0 Å². The molecule has 0 atom stereocenters. The van der Waals surface area contributed by atoms with Gasteiger partial charge in [-0.3, -0.25) is 0 Å². The van der Waals surface area contributed by atoms with E-state index in [0.29, 0.717) is 0 Å². The number of hydrogen-bond acceptors (Lipinski definition) is 2. The molecular weight excluding hydrogens is 1500 g/mol. The highest BCUT2D eigenvalue weighted by molar-refractivity contribution is 6.34. The molecule has 0 unspecified atom stereocenters. The topological polar surface area (TPSA) is 36.1 Å². The van der Waals surface area contributed by atoms with Crippen LogP contribution >= 0.6 is 0 Å². The number of rotatable bonds is 12. The molecule has 4 heteroatoms. The molecule has 0 aliphatic heterocycles. The summed E-state index contributed by atoms with van der Waals surface area (Å²) < 4.78 is 18.7. The van der Waals surface area contributed by atoms with Crippen molar-refractivity contribution in [2.24, 2.45) is 0 Å². The first kappa shape index (κ1) is 71.7. The maximum absolute atomic E-state index is 6.79. The highest BCUT2D eigenvalue weighted by atomic mass is 16.3. The molecule has 578 valence electrons. The fourth-order valence-corrected chi connectivity index (χ4v) is 19.4. The molecule has 0 spiro atoms. The van der Waals surface area contributed by atoms with Gasteiger partial charge >= 0.3 is 0 Å². The summed E-state index contributed by atoms with van der Waals surface area (Å²) in [7, 11) is 0. The number of nitrogens with zero attached hydrogens (tertiary/aromatic N) is 2. The van der Waals surface area contributed by atoms with Crippen LogP contribution < -0.4 is 0 Å². The van der Waals surface area contributed by atoms with Gasteiger partial charge in [-0.05, 0) is 242 Å². The lowest BCUT2D eigenvalue weighted by atomic mass is 9.91. The van der Waals surface area contributed by atoms with Crippen molar-refractivity contribution in [3.8, 4) is 123 Å². The minimum atomic E-state index is 0.869. The number of para-hydroxylation sites is 4. The summed E-state index contributed by atoms with van der Waals surface area (Å²) in [6.45, 7) is 0. The third-order valence-electron chi connectivity index (χ3n) is 25.4. The van der Waals surface area contributed by atoms with Crippen LogP contribution in [0.1, 0.15) is 0 Å². The zero-order valence-electron chi connectivity index (χ0n) is 67.6. The lowest BCUT2D eigenvalue weighted by Gasteiger charge is -2.17. The molecule has 0 aliphatic rings. The Morgan fingerprint density at radius 1 is 0.137 bits per heavy atom. The SMILES string of the molecule is c1ccc(-c2cccc(-c3ccc4c(c3)c3cccc5c6cc(-c7cccc(-c8ccccc8)c7)ccc6n(-c6ccc(-c7cccc8c7oc7ccccc78)cc6)c6ccc(-c7cccc(-c8ccccc8)c7)cc6c6cccc(c7cc(-c8cccc(-c9ccccc9)c8)ccc7n4-c4ccc(-c7cccc8c7oc7ccccc78)cc4)c6c35)c2)cc1. The first-order chi connectivity index (χ1) is 61.5. The maximum atomic E-state index is 6.79. The predicted molar refractivity (Wildman–Crippen MR) is 523 cm³/mol. The molecular formula is C120H76N2O2. The average molecular weight is 1580 g/mol. The number of furan rings is 2. The van der Waals surface area contributed by atoms with Gasteiger partial charge in [0.05, 0.1) is 22.1 Å². The fraction of sp³-hybridized carbons (Fsp3) is 0. The molecule has 20 aromatic carbocycles. The summed E-state index contributed by atoms with van der Waals surface area (Å²) in [5, 5.41) is 15.2. The Morgan fingerprint density at radius 3 is 0.653 bits per heavy atom. The molecule has 0 N–H and O–H groups in total. The quantitative estimate of drug-likeness (QED) is 0.122. The van der Waals surface area contributed by atoms with E-state index in [-0.39, 0.29) is 0 Å². The van der Waals surface area contributed by atoms with Gasteiger partial charge in [-0.25, -0.2) is 0 Å². The van der Waals surface area contributed by atoms with Crippen molar-refractivity contribution in [2.75, 3.05) is 0 Å². The van der Waals surface area contributed by atoms with Gasteiger partial charge < -0.3 is 18.0 Å². The number of benzene rings is 20. The van der Waals surface area contributed by atoms with Gasteiger partial charge in [0.1, 0.15) is 22.3 Å². The number of fused-ring (bicyclic) bond motifs is 14. The Kier molecular flexibility index (Phi) is 17.2. The Bertz CT molecular complexity index is 7670. The van der Waals surface area contributed by atoms with Crippen molar-refractivity contribution < 1.29 is 8.83 Å². The molecule has 0 saturated heterocycles. The third kappa shape index (κ3) is 12.4. The van der Waals surface area contributed by atoms with Gasteiger partial charge in [0, 0.05) is 65.6 Å². The molecule has 24 aromatic rings. The molecule has 124 heavy (non-hydrogen) atoms. The van der Waals surface area contributed by atoms with Crippen molar-refractivity contribution in [2.45, 2.75) is 0 Å².